The van der Waals surface area contributed by atoms with Crippen LogP contribution in [-0.4, -0.2) is 47.8 Å². The summed E-state index contributed by atoms with van der Waals surface area (Å²) in [6.45, 7) is 1.97. The van der Waals surface area contributed by atoms with Gasteiger partial charge in [0, 0.05) is 49.1 Å². The van der Waals surface area contributed by atoms with E-state index in [9.17, 15) is 19.7 Å². The van der Waals surface area contributed by atoms with Crippen LogP contribution >= 0.6 is 0 Å². The molecule has 1 aliphatic heterocycles. The SMILES string of the molecule is O=C(Nc1ccc(C(=O)N2CCN(c3ccccc3[N+](=O)[O-])CC2)cc1)c1ccccc1. The Bertz CT molecular complexity index is 1120. The third-order valence-electron chi connectivity index (χ3n) is 5.41. The topological polar surface area (TPSA) is 95.8 Å². The Morgan fingerprint density at radius 1 is 0.781 bits per heavy atom. The normalized spacial score (nSPS) is 13.5. The Morgan fingerprint density at radius 3 is 2.06 bits per heavy atom. The lowest BCUT2D eigenvalue weighted by molar-refractivity contribution is -0.384. The van der Waals surface area contributed by atoms with E-state index in [4.69, 9.17) is 0 Å². The molecule has 8 heteroatoms. The highest BCUT2D eigenvalue weighted by Gasteiger charge is 2.26. The molecule has 1 fully saturated rings. The summed E-state index contributed by atoms with van der Waals surface area (Å²) < 4.78 is 0. The summed E-state index contributed by atoms with van der Waals surface area (Å²) >= 11 is 0. The van der Waals surface area contributed by atoms with Crippen LogP contribution in [0.15, 0.2) is 78.9 Å². The molecule has 0 saturated carbocycles. The molecule has 3 aromatic carbocycles. The molecule has 1 heterocycles. The van der Waals surface area contributed by atoms with Crippen LogP contribution in [0.1, 0.15) is 20.7 Å². The van der Waals surface area contributed by atoms with Gasteiger partial charge in [-0.05, 0) is 42.5 Å². The number of para-hydroxylation sites is 2. The first-order valence-corrected chi connectivity index (χ1v) is 10.3. The second-order valence-electron chi connectivity index (χ2n) is 7.42. The maximum Gasteiger partial charge on any atom is 0.292 e. The summed E-state index contributed by atoms with van der Waals surface area (Å²) in [4.78, 5) is 39.7. The molecular weight excluding hydrogens is 408 g/mol. The number of nitrogens with zero attached hydrogens (tertiary/aromatic N) is 3. The van der Waals surface area contributed by atoms with Gasteiger partial charge in [0.1, 0.15) is 5.69 Å². The molecule has 0 unspecified atom stereocenters. The van der Waals surface area contributed by atoms with E-state index in [0.717, 1.165) is 0 Å². The van der Waals surface area contributed by atoms with Gasteiger partial charge in [0.15, 0.2) is 0 Å². The van der Waals surface area contributed by atoms with Gasteiger partial charge in [-0.15, -0.1) is 0 Å². The molecule has 0 aromatic heterocycles. The van der Waals surface area contributed by atoms with E-state index < -0.39 is 0 Å². The van der Waals surface area contributed by atoms with Crippen LogP contribution in [0.4, 0.5) is 17.1 Å². The lowest BCUT2D eigenvalue weighted by Gasteiger charge is -2.35. The first-order valence-electron chi connectivity index (χ1n) is 10.3. The Kier molecular flexibility index (Phi) is 6.12. The van der Waals surface area contributed by atoms with E-state index in [0.29, 0.717) is 48.7 Å². The second-order valence-corrected chi connectivity index (χ2v) is 7.42. The van der Waals surface area contributed by atoms with Crippen molar-refractivity contribution in [3.05, 3.63) is 100 Å². The largest absolute Gasteiger partial charge is 0.362 e. The second kappa shape index (κ2) is 9.30. The minimum absolute atomic E-state index is 0.0698. The fourth-order valence-corrected chi connectivity index (χ4v) is 3.71. The Balaban J connectivity index is 1.36. The fraction of sp³-hybridized carbons (Fsp3) is 0.167. The predicted octanol–water partition coefficient (Wildman–Crippen LogP) is 3.81. The van der Waals surface area contributed by atoms with Crippen molar-refractivity contribution in [1.82, 2.24) is 4.90 Å². The van der Waals surface area contributed by atoms with E-state index in [1.54, 1.807) is 71.6 Å². The number of nitro benzene ring substituents is 1. The van der Waals surface area contributed by atoms with Crippen LogP contribution in [0.5, 0.6) is 0 Å². The molecule has 1 N–H and O–H groups in total. The van der Waals surface area contributed by atoms with Gasteiger partial charge in [-0.3, -0.25) is 19.7 Å². The maximum atomic E-state index is 12.9. The molecule has 8 nitrogen and oxygen atoms in total. The molecule has 0 bridgehead atoms. The van der Waals surface area contributed by atoms with Crippen LogP contribution in [0.3, 0.4) is 0 Å². The zero-order valence-electron chi connectivity index (χ0n) is 17.3. The van der Waals surface area contributed by atoms with Gasteiger partial charge in [0.05, 0.1) is 4.92 Å². The zero-order chi connectivity index (χ0) is 22.5. The maximum absolute atomic E-state index is 12.9. The zero-order valence-corrected chi connectivity index (χ0v) is 17.3. The molecule has 0 atom stereocenters. The molecule has 0 aliphatic carbocycles. The van der Waals surface area contributed by atoms with Crippen molar-refractivity contribution in [2.75, 3.05) is 36.4 Å². The van der Waals surface area contributed by atoms with Crippen LogP contribution in [0.2, 0.25) is 0 Å². The van der Waals surface area contributed by atoms with E-state index >= 15 is 0 Å². The van der Waals surface area contributed by atoms with Gasteiger partial charge >= 0.3 is 0 Å². The van der Waals surface area contributed by atoms with Crippen molar-refractivity contribution in [1.29, 1.82) is 0 Å². The third-order valence-corrected chi connectivity index (χ3v) is 5.41. The van der Waals surface area contributed by atoms with E-state index in [-0.39, 0.29) is 22.4 Å². The number of rotatable bonds is 5. The van der Waals surface area contributed by atoms with E-state index in [1.165, 1.54) is 6.07 Å². The van der Waals surface area contributed by atoms with Gasteiger partial charge in [-0.25, -0.2) is 0 Å². The number of hydrogen-bond acceptors (Lipinski definition) is 5. The molecular formula is C24H22N4O4. The summed E-state index contributed by atoms with van der Waals surface area (Å²) in [5, 5.41) is 14.1. The summed E-state index contributed by atoms with van der Waals surface area (Å²) in [5.41, 5.74) is 2.34. The standard InChI is InChI=1S/C24H22N4O4/c29-23(18-6-2-1-3-7-18)25-20-12-10-19(11-13-20)24(30)27-16-14-26(15-17-27)21-8-4-5-9-22(21)28(31)32/h1-13H,14-17H2,(H,25,29). The smallest absolute Gasteiger partial charge is 0.292 e. The number of hydrogen-bond donors (Lipinski definition) is 1. The van der Waals surface area contributed by atoms with Crippen LogP contribution in [-0.2, 0) is 0 Å². The summed E-state index contributed by atoms with van der Waals surface area (Å²) in [6.07, 6.45) is 0. The highest BCUT2D eigenvalue weighted by molar-refractivity contribution is 6.04. The number of nitro groups is 1. The Hall–Kier alpha value is -4.20. The summed E-state index contributed by atoms with van der Waals surface area (Å²) in [7, 11) is 0. The van der Waals surface area contributed by atoms with Gasteiger partial charge in [-0.1, -0.05) is 30.3 Å². The molecule has 162 valence electrons. The fourth-order valence-electron chi connectivity index (χ4n) is 3.71. The summed E-state index contributed by atoms with van der Waals surface area (Å²) in [6, 6.07) is 22.4. The number of amides is 2. The van der Waals surface area contributed by atoms with Crippen LogP contribution < -0.4 is 10.2 Å². The van der Waals surface area contributed by atoms with Gasteiger partial charge in [-0.2, -0.15) is 0 Å². The van der Waals surface area contributed by atoms with E-state index in [2.05, 4.69) is 5.32 Å². The van der Waals surface area contributed by atoms with Crippen molar-refractivity contribution in [3.8, 4) is 0 Å². The first-order chi connectivity index (χ1) is 15.5. The third kappa shape index (κ3) is 4.59. The molecule has 2 amide bonds. The molecule has 4 rings (SSSR count). The van der Waals surface area contributed by atoms with Crippen LogP contribution in [0.25, 0.3) is 0 Å². The monoisotopic (exact) mass is 430 g/mol. The first kappa shape index (κ1) is 21.0. The van der Waals surface area contributed by atoms with Crippen molar-refractivity contribution < 1.29 is 14.5 Å². The molecule has 0 radical (unpaired) electrons. The van der Waals surface area contributed by atoms with Crippen LogP contribution in [0, 0.1) is 10.1 Å². The minimum Gasteiger partial charge on any atom is -0.362 e. The predicted molar refractivity (Wildman–Crippen MR) is 122 cm³/mol. The molecule has 32 heavy (non-hydrogen) atoms. The highest BCUT2D eigenvalue weighted by Crippen LogP contribution is 2.28. The molecule has 0 spiro atoms. The lowest BCUT2D eigenvalue weighted by Crippen LogP contribution is -2.48. The molecule has 1 aliphatic rings. The number of benzene rings is 3. The highest BCUT2D eigenvalue weighted by atomic mass is 16.6. The average molecular weight is 430 g/mol. The van der Waals surface area contributed by atoms with Crippen molar-refractivity contribution in [3.63, 3.8) is 0 Å². The number of carbonyl (C=O) groups is 2. The summed E-state index contributed by atoms with van der Waals surface area (Å²) in [5.74, 6) is -0.316. The molecule has 1 saturated heterocycles. The van der Waals surface area contributed by atoms with Gasteiger partial charge in [0.25, 0.3) is 17.5 Å². The van der Waals surface area contributed by atoms with Gasteiger partial charge < -0.3 is 15.1 Å². The van der Waals surface area contributed by atoms with Crippen molar-refractivity contribution in [2.45, 2.75) is 0 Å². The number of anilines is 2. The number of nitrogens with one attached hydrogen (secondary N) is 1. The average Bonchev–Trinajstić information content (AvgIpc) is 2.84. The number of carbonyl (C=O) groups excluding carboxylic acids is 2. The Labute approximate surface area is 185 Å². The number of piperazine rings is 1. The Morgan fingerprint density at radius 2 is 1.41 bits per heavy atom. The van der Waals surface area contributed by atoms with E-state index in [1.807, 2.05) is 11.0 Å². The minimum atomic E-state index is -0.384. The quantitative estimate of drug-likeness (QED) is 0.491. The lowest BCUT2D eigenvalue weighted by atomic mass is 10.1. The van der Waals surface area contributed by atoms with Gasteiger partial charge in [0.2, 0.25) is 0 Å². The molecule has 3 aromatic rings. The van der Waals surface area contributed by atoms with Crippen molar-refractivity contribution in [2.24, 2.45) is 0 Å². The van der Waals surface area contributed by atoms with Crippen molar-refractivity contribution >= 4 is 28.9 Å².